The number of hydrogen-bond donors (Lipinski definition) is 3. The molecule has 0 unspecified atom stereocenters. The van der Waals surface area contributed by atoms with E-state index in [9.17, 15) is 14.6 Å². The third-order valence-electron chi connectivity index (χ3n) is 4.59. The van der Waals surface area contributed by atoms with Crippen LogP contribution >= 0.6 is 0 Å². The summed E-state index contributed by atoms with van der Waals surface area (Å²) in [5.74, 6) is -0.352. The van der Waals surface area contributed by atoms with E-state index in [4.69, 9.17) is 5.73 Å². The summed E-state index contributed by atoms with van der Waals surface area (Å²) in [7, 11) is 0. The van der Waals surface area contributed by atoms with Gasteiger partial charge in [0.05, 0.1) is 11.7 Å². The van der Waals surface area contributed by atoms with Crippen LogP contribution in [0.5, 0.6) is 0 Å². The molecule has 6 heteroatoms. The molecule has 122 valence electrons. The van der Waals surface area contributed by atoms with Crippen molar-refractivity contribution in [1.82, 2.24) is 9.97 Å². The molecule has 1 fully saturated rings. The predicted octanol–water partition coefficient (Wildman–Crippen LogP) is 1.14. The second-order valence-electron chi connectivity index (χ2n) is 6.03. The van der Waals surface area contributed by atoms with Crippen LogP contribution in [-0.2, 0) is 6.42 Å². The molecular weight excluding hydrogens is 297 g/mol. The van der Waals surface area contributed by atoms with Crippen molar-refractivity contribution in [3.05, 3.63) is 48.0 Å². The van der Waals surface area contributed by atoms with Gasteiger partial charge in [-0.2, -0.15) is 0 Å². The zero-order chi connectivity index (χ0) is 16.4. The molecule has 2 aromatic rings. The second kappa shape index (κ2) is 6.70. The number of hydrogen-bond acceptors (Lipinski definition) is 5. The summed E-state index contributed by atoms with van der Waals surface area (Å²) in [6.45, 7) is -0.106. The number of rotatable bonds is 4. The zero-order valence-electron chi connectivity index (χ0n) is 12.6. The van der Waals surface area contributed by atoms with Gasteiger partial charge in [-0.25, -0.2) is 14.4 Å². The molecule has 0 bridgehead atoms. The third kappa shape index (κ3) is 3.24. The van der Waals surface area contributed by atoms with Crippen LogP contribution in [0, 0.1) is 17.7 Å². The molecule has 23 heavy (non-hydrogen) atoms. The maximum absolute atomic E-state index is 13.9. The van der Waals surface area contributed by atoms with Gasteiger partial charge in [-0.3, -0.25) is 0 Å². The molecule has 1 aliphatic carbocycles. The van der Waals surface area contributed by atoms with Crippen LogP contribution < -0.4 is 5.73 Å². The van der Waals surface area contributed by atoms with E-state index in [2.05, 4.69) is 9.97 Å². The van der Waals surface area contributed by atoms with Crippen molar-refractivity contribution in [3.63, 3.8) is 0 Å². The molecule has 1 aromatic heterocycles. The van der Waals surface area contributed by atoms with Crippen LogP contribution in [0.25, 0.3) is 11.4 Å². The summed E-state index contributed by atoms with van der Waals surface area (Å²) in [4.78, 5) is 8.56. The van der Waals surface area contributed by atoms with Gasteiger partial charge >= 0.3 is 0 Å². The van der Waals surface area contributed by atoms with Crippen LogP contribution in [-0.4, -0.2) is 38.9 Å². The lowest BCUT2D eigenvalue weighted by molar-refractivity contribution is 0.0718. The molecule has 0 saturated heterocycles. The Kier molecular flexibility index (Phi) is 4.66. The van der Waals surface area contributed by atoms with Gasteiger partial charge in [0.2, 0.25) is 0 Å². The van der Waals surface area contributed by atoms with Gasteiger partial charge in [-0.1, -0.05) is 12.1 Å². The molecule has 0 spiro atoms. The average molecular weight is 317 g/mol. The lowest BCUT2D eigenvalue weighted by atomic mass is 9.89. The number of halogens is 1. The van der Waals surface area contributed by atoms with E-state index < -0.39 is 6.10 Å². The van der Waals surface area contributed by atoms with Gasteiger partial charge in [0.25, 0.3) is 0 Å². The first-order chi connectivity index (χ1) is 11.1. The van der Waals surface area contributed by atoms with E-state index in [0.29, 0.717) is 24.2 Å². The Bertz CT molecular complexity index is 682. The van der Waals surface area contributed by atoms with Crippen molar-refractivity contribution in [2.75, 3.05) is 6.61 Å². The first-order valence-corrected chi connectivity index (χ1v) is 7.71. The Hall–Kier alpha value is -1.89. The minimum Gasteiger partial charge on any atom is -0.396 e. The Labute approximate surface area is 134 Å². The number of aromatic nitrogens is 2. The molecule has 4 atom stereocenters. The maximum atomic E-state index is 13.9. The fourth-order valence-corrected chi connectivity index (χ4v) is 3.31. The van der Waals surface area contributed by atoms with Crippen molar-refractivity contribution < 1.29 is 14.6 Å². The summed E-state index contributed by atoms with van der Waals surface area (Å²) in [6, 6.07) is 7.93. The van der Waals surface area contributed by atoms with Gasteiger partial charge in [-0.05, 0) is 37.0 Å². The summed E-state index contributed by atoms with van der Waals surface area (Å²) in [5.41, 5.74) is 7.16. The van der Waals surface area contributed by atoms with Crippen molar-refractivity contribution in [2.45, 2.75) is 25.0 Å². The highest BCUT2D eigenvalue weighted by Crippen LogP contribution is 2.33. The smallest absolute Gasteiger partial charge is 0.162 e. The van der Waals surface area contributed by atoms with E-state index in [1.165, 1.54) is 6.07 Å². The van der Waals surface area contributed by atoms with Crippen molar-refractivity contribution in [1.29, 1.82) is 0 Å². The number of aliphatic hydroxyl groups excluding tert-OH is 2. The summed E-state index contributed by atoms with van der Waals surface area (Å²) < 4.78 is 13.9. The molecule has 5 nitrogen and oxygen atoms in total. The highest BCUT2D eigenvalue weighted by Gasteiger charge is 2.40. The van der Waals surface area contributed by atoms with Crippen LogP contribution in [0.2, 0.25) is 0 Å². The summed E-state index contributed by atoms with van der Waals surface area (Å²) in [5, 5.41) is 19.4. The van der Waals surface area contributed by atoms with Crippen molar-refractivity contribution >= 4 is 0 Å². The largest absolute Gasteiger partial charge is 0.396 e. The molecule has 0 amide bonds. The minimum absolute atomic E-state index is 0.0571. The normalized spacial score (nSPS) is 27.3. The lowest BCUT2D eigenvalue weighted by Gasteiger charge is -2.21. The van der Waals surface area contributed by atoms with E-state index in [1.807, 2.05) is 0 Å². The quantitative estimate of drug-likeness (QED) is 0.786. The van der Waals surface area contributed by atoms with Gasteiger partial charge in [-0.15, -0.1) is 0 Å². The van der Waals surface area contributed by atoms with E-state index in [-0.39, 0.29) is 30.3 Å². The molecule has 1 heterocycles. The minimum atomic E-state index is -0.590. The van der Waals surface area contributed by atoms with Gasteiger partial charge in [0, 0.05) is 30.5 Å². The Balaban J connectivity index is 1.85. The topological polar surface area (TPSA) is 92.3 Å². The average Bonchev–Trinajstić information content (AvgIpc) is 2.81. The highest BCUT2D eigenvalue weighted by molar-refractivity contribution is 5.55. The van der Waals surface area contributed by atoms with Crippen molar-refractivity contribution in [2.24, 2.45) is 17.6 Å². The molecular formula is C17H20FN3O2. The second-order valence-corrected chi connectivity index (χ2v) is 6.03. The Morgan fingerprint density at radius 3 is 2.74 bits per heavy atom. The Morgan fingerprint density at radius 1 is 1.22 bits per heavy atom. The first kappa shape index (κ1) is 16.0. The zero-order valence-corrected chi connectivity index (χ0v) is 12.6. The van der Waals surface area contributed by atoms with Gasteiger partial charge in [0.15, 0.2) is 5.82 Å². The number of benzene rings is 1. The van der Waals surface area contributed by atoms with Crippen molar-refractivity contribution in [3.8, 4) is 11.4 Å². The standard InChI is InChI=1S/C17H20FN3O2/c18-14-4-2-1-3-11(14)17-20-6-5-10(21-17)7-12-13(9-22)16(23)8-15(12)19/h1-6,12-13,15-16,22-23H,7-9,19H2/t12-,13-,15-,16-/m1/s1. The third-order valence-corrected chi connectivity index (χ3v) is 4.59. The molecule has 0 radical (unpaired) electrons. The van der Waals surface area contributed by atoms with Crippen LogP contribution in [0.4, 0.5) is 4.39 Å². The molecule has 1 aliphatic rings. The SMILES string of the molecule is N[C@@H]1C[C@@H](O)[C@H](CO)[C@H]1Cc1ccnc(-c2ccccc2F)n1. The fraction of sp³-hybridized carbons (Fsp3) is 0.412. The molecule has 3 rings (SSSR count). The number of nitrogens with two attached hydrogens (primary N) is 1. The highest BCUT2D eigenvalue weighted by atomic mass is 19.1. The molecule has 0 aliphatic heterocycles. The predicted molar refractivity (Wildman–Crippen MR) is 83.8 cm³/mol. The fourth-order valence-electron chi connectivity index (χ4n) is 3.31. The maximum Gasteiger partial charge on any atom is 0.162 e. The van der Waals surface area contributed by atoms with E-state index in [1.54, 1.807) is 30.5 Å². The molecule has 1 saturated carbocycles. The van der Waals surface area contributed by atoms with Gasteiger partial charge in [0.1, 0.15) is 5.82 Å². The van der Waals surface area contributed by atoms with Crippen LogP contribution in [0.3, 0.4) is 0 Å². The monoisotopic (exact) mass is 317 g/mol. The molecule has 1 aromatic carbocycles. The van der Waals surface area contributed by atoms with E-state index in [0.717, 1.165) is 5.69 Å². The van der Waals surface area contributed by atoms with Crippen LogP contribution in [0.15, 0.2) is 36.5 Å². The van der Waals surface area contributed by atoms with Gasteiger partial charge < -0.3 is 15.9 Å². The summed E-state index contributed by atoms with van der Waals surface area (Å²) >= 11 is 0. The molecule has 4 N–H and O–H groups in total. The van der Waals surface area contributed by atoms with E-state index >= 15 is 0 Å². The van der Waals surface area contributed by atoms with Crippen LogP contribution in [0.1, 0.15) is 12.1 Å². The number of nitrogens with zero attached hydrogens (tertiary/aromatic N) is 2. The lowest BCUT2D eigenvalue weighted by Crippen LogP contribution is -2.31. The number of aliphatic hydroxyl groups is 2. The first-order valence-electron chi connectivity index (χ1n) is 7.71. The summed E-state index contributed by atoms with van der Waals surface area (Å²) in [6.07, 6.45) is 2.00. The Morgan fingerprint density at radius 2 is 2.00 bits per heavy atom.